The van der Waals surface area contributed by atoms with Gasteiger partial charge >= 0.3 is 6.09 Å². The average molecular weight is 613 g/mol. The fraction of sp³-hybridized carbons (Fsp3) is 0.226. The second kappa shape index (κ2) is 10.8. The zero-order valence-electron chi connectivity index (χ0n) is 23.9. The van der Waals surface area contributed by atoms with E-state index in [4.69, 9.17) is 16.9 Å². The summed E-state index contributed by atoms with van der Waals surface area (Å²) < 4.78 is 18.2. The van der Waals surface area contributed by atoms with Crippen molar-refractivity contribution in [2.45, 2.75) is 45.2 Å². The number of benzene rings is 2. The van der Waals surface area contributed by atoms with Crippen molar-refractivity contribution in [3.05, 3.63) is 99.3 Å². The van der Waals surface area contributed by atoms with Gasteiger partial charge in [-0.2, -0.15) is 9.65 Å². The van der Waals surface area contributed by atoms with Crippen molar-refractivity contribution >= 4 is 23.4 Å². The maximum absolute atomic E-state index is 15.2. The van der Waals surface area contributed by atoms with Crippen molar-refractivity contribution < 1.29 is 14.3 Å². The number of amides is 1. The van der Waals surface area contributed by atoms with Gasteiger partial charge < -0.3 is 14.7 Å². The third kappa shape index (κ3) is 5.11. The number of hydrogen-bond acceptors (Lipinski definition) is 6. The summed E-state index contributed by atoms with van der Waals surface area (Å²) in [5, 5.41) is 27.2. The van der Waals surface area contributed by atoms with Gasteiger partial charge in [0.1, 0.15) is 17.6 Å². The van der Waals surface area contributed by atoms with E-state index in [2.05, 4.69) is 20.3 Å². The van der Waals surface area contributed by atoms with Crippen LogP contribution < -0.4 is 10.5 Å². The first-order chi connectivity index (χ1) is 20.9. The number of imidazole rings is 1. The molecule has 4 heterocycles. The molecule has 11 nitrogen and oxygen atoms in total. The lowest BCUT2D eigenvalue weighted by Gasteiger charge is -2.33. The number of aryl methyl sites for hydroxylation is 1. The smallest absolute Gasteiger partial charge is 0.412 e. The highest BCUT2D eigenvalue weighted by atomic mass is 35.5. The largest absolute Gasteiger partial charge is 0.465 e. The number of anilines is 1. The van der Waals surface area contributed by atoms with Crippen LogP contribution in [0.15, 0.2) is 65.6 Å². The molecule has 2 N–H and O–H groups in total. The van der Waals surface area contributed by atoms with Crippen LogP contribution in [0, 0.1) is 17.3 Å². The fourth-order valence-electron chi connectivity index (χ4n) is 5.66. The Bertz CT molecular complexity index is 2020. The Morgan fingerprint density at radius 3 is 2.57 bits per heavy atom. The Morgan fingerprint density at radius 2 is 1.91 bits per heavy atom. The normalized spacial score (nSPS) is 14.3. The Morgan fingerprint density at radius 1 is 1.16 bits per heavy atom. The minimum Gasteiger partial charge on any atom is -0.465 e. The number of pyridine rings is 1. The van der Waals surface area contributed by atoms with Crippen molar-refractivity contribution in [1.82, 2.24) is 29.5 Å². The highest BCUT2D eigenvalue weighted by Crippen LogP contribution is 2.35. The van der Waals surface area contributed by atoms with Crippen molar-refractivity contribution in [2.24, 2.45) is 0 Å². The number of nitrogens with one attached hydrogen (secondary N) is 1. The van der Waals surface area contributed by atoms with Crippen LogP contribution in [0.5, 0.6) is 0 Å². The van der Waals surface area contributed by atoms with Gasteiger partial charge in [-0.25, -0.2) is 14.5 Å². The van der Waals surface area contributed by atoms with Gasteiger partial charge in [0.15, 0.2) is 5.69 Å². The Labute approximate surface area is 255 Å². The lowest BCUT2D eigenvalue weighted by molar-refractivity contribution is 0.195. The number of nitrogens with zero attached hydrogens (tertiary/aromatic N) is 7. The maximum atomic E-state index is 15.2. The van der Waals surface area contributed by atoms with Gasteiger partial charge in [-0.05, 0) is 75.6 Å². The minimum atomic E-state index is -1.09. The van der Waals surface area contributed by atoms with E-state index in [1.807, 2.05) is 12.1 Å². The molecule has 2 aromatic carbocycles. The van der Waals surface area contributed by atoms with E-state index in [1.165, 1.54) is 21.8 Å². The summed E-state index contributed by atoms with van der Waals surface area (Å²) in [4.78, 5) is 33.8. The van der Waals surface area contributed by atoms with Crippen LogP contribution in [0.4, 0.5) is 14.9 Å². The second-order valence-corrected chi connectivity index (χ2v) is 11.9. The van der Waals surface area contributed by atoms with Gasteiger partial charge in [-0.15, -0.1) is 5.10 Å². The second-order valence-electron chi connectivity index (χ2n) is 11.4. The number of fused-ring (bicyclic) bond motifs is 1. The molecule has 0 spiro atoms. The highest BCUT2D eigenvalue weighted by Gasteiger charge is 2.30. The van der Waals surface area contributed by atoms with Crippen LogP contribution in [0.25, 0.3) is 28.1 Å². The topological polar surface area (TPSA) is 146 Å². The number of hydrogen-bond donors (Lipinski definition) is 2. The van der Waals surface area contributed by atoms with Crippen molar-refractivity contribution in [3.63, 3.8) is 0 Å². The monoisotopic (exact) mass is 612 g/mol. The highest BCUT2D eigenvalue weighted by molar-refractivity contribution is 6.31. The molecule has 1 aliphatic rings. The van der Waals surface area contributed by atoms with Gasteiger partial charge in [0.25, 0.3) is 5.56 Å². The minimum absolute atomic E-state index is 0.149. The molecule has 0 radical (unpaired) electrons. The molecule has 0 aliphatic carbocycles. The first-order valence-corrected chi connectivity index (χ1v) is 14.1. The number of nitriles is 1. The standard InChI is InChI=1S/C31H26ClFN8O3/c1-31(2,3)41(30(43)44)21-7-4-17(5-8-21)27-28(33)36-29(35-27)25-11-9-22-12-18(13-26(42)40(22)25)23-14-19(32)6-10-24(23)39-16-20(15-34)37-38-39/h4-8,10,12-14,16,25H,9,11H2,1-3H3,(H,35,36)(H,43,44)/t25-/m0/s1. The molecule has 0 fully saturated rings. The van der Waals surface area contributed by atoms with E-state index in [1.54, 1.807) is 67.8 Å². The van der Waals surface area contributed by atoms with Crippen LogP contribution in [0.3, 0.4) is 0 Å². The van der Waals surface area contributed by atoms with Gasteiger partial charge in [-0.3, -0.25) is 9.69 Å². The molecule has 0 bridgehead atoms. The molecule has 0 saturated heterocycles. The number of halogens is 2. The average Bonchev–Trinajstić information content (AvgIpc) is 3.71. The van der Waals surface area contributed by atoms with Crippen molar-refractivity contribution in [1.29, 1.82) is 5.26 Å². The molecule has 0 unspecified atom stereocenters. The lowest BCUT2D eigenvalue weighted by Crippen LogP contribution is -2.45. The number of aromatic nitrogens is 6. The SMILES string of the molecule is CC(C)(C)N(C(=O)O)c1ccc(-c2[nH]c([C@@H]3CCc4cc(-c5cc(Cl)ccc5-n5cc(C#N)nn5)cc(=O)n43)nc2F)cc1. The number of rotatable bonds is 5. The van der Waals surface area contributed by atoms with E-state index in [9.17, 15) is 14.7 Å². The molecular weight excluding hydrogens is 587 g/mol. The number of aromatic amines is 1. The lowest BCUT2D eigenvalue weighted by atomic mass is 10.0. The van der Waals surface area contributed by atoms with E-state index in [0.717, 1.165) is 5.69 Å². The van der Waals surface area contributed by atoms with Gasteiger partial charge in [-0.1, -0.05) is 28.9 Å². The summed E-state index contributed by atoms with van der Waals surface area (Å²) in [6, 6.07) is 16.5. The fourth-order valence-corrected chi connectivity index (χ4v) is 5.83. The molecule has 3 aromatic heterocycles. The quantitative estimate of drug-likeness (QED) is 0.249. The molecule has 6 rings (SSSR count). The summed E-state index contributed by atoms with van der Waals surface area (Å²) in [5.41, 5.74) is 2.88. The summed E-state index contributed by atoms with van der Waals surface area (Å²) in [7, 11) is 0. The molecule has 13 heteroatoms. The molecule has 1 amide bonds. The zero-order chi connectivity index (χ0) is 31.3. The van der Waals surface area contributed by atoms with Crippen LogP contribution in [0.1, 0.15) is 50.4 Å². The summed E-state index contributed by atoms with van der Waals surface area (Å²) in [6.45, 7) is 5.36. The number of carboxylic acid groups (broad SMARTS) is 1. The molecule has 1 aliphatic heterocycles. The molecule has 0 saturated carbocycles. The molecule has 5 aromatic rings. The van der Waals surface area contributed by atoms with Crippen molar-refractivity contribution in [3.8, 4) is 34.1 Å². The summed E-state index contributed by atoms with van der Waals surface area (Å²) in [6.07, 6.45) is 1.48. The van der Waals surface area contributed by atoms with Gasteiger partial charge in [0.05, 0.1) is 17.9 Å². The zero-order valence-corrected chi connectivity index (χ0v) is 24.7. The van der Waals surface area contributed by atoms with Gasteiger partial charge in [0, 0.05) is 39.1 Å². The van der Waals surface area contributed by atoms with E-state index < -0.39 is 23.6 Å². The van der Waals surface area contributed by atoms with Crippen molar-refractivity contribution in [2.75, 3.05) is 4.90 Å². The van der Waals surface area contributed by atoms with Gasteiger partial charge in [0.2, 0.25) is 5.95 Å². The Hall–Kier alpha value is -5.28. The maximum Gasteiger partial charge on any atom is 0.412 e. The predicted octanol–water partition coefficient (Wildman–Crippen LogP) is 5.97. The Kier molecular flexibility index (Phi) is 7.05. The third-order valence-electron chi connectivity index (χ3n) is 7.53. The van der Waals surface area contributed by atoms with E-state index >= 15 is 4.39 Å². The molecule has 222 valence electrons. The predicted molar refractivity (Wildman–Crippen MR) is 161 cm³/mol. The summed E-state index contributed by atoms with van der Waals surface area (Å²) in [5.74, 6) is -0.406. The van der Waals surface area contributed by atoms with E-state index in [-0.39, 0.29) is 16.9 Å². The van der Waals surface area contributed by atoms with E-state index in [0.29, 0.717) is 51.8 Å². The first-order valence-electron chi connectivity index (χ1n) is 13.7. The van der Waals surface area contributed by atoms with Crippen LogP contribution in [0.2, 0.25) is 5.02 Å². The van der Waals surface area contributed by atoms with Crippen LogP contribution in [-0.2, 0) is 6.42 Å². The Balaban J connectivity index is 1.33. The third-order valence-corrected chi connectivity index (χ3v) is 7.76. The summed E-state index contributed by atoms with van der Waals surface area (Å²) >= 11 is 6.32. The van der Waals surface area contributed by atoms with Crippen LogP contribution >= 0.6 is 11.6 Å². The molecule has 44 heavy (non-hydrogen) atoms. The number of H-pyrrole nitrogens is 1. The first kappa shape index (κ1) is 28.8. The molecule has 1 atom stereocenters. The van der Waals surface area contributed by atoms with Crippen LogP contribution in [-0.4, -0.2) is 46.3 Å². The molecular formula is C31H26ClFN8O3. The number of carbonyl (C=O) groups is 1.